The van der Waals surface area contributed by atoms with E-state index in [1.807, 2.05) is 12.4 Å². The van der Waals surface area contributed by atoms with Gasteiger partial charge >= 0.3 is 0 Å². The molecule has 5 heteroatoms. The number of anilines is 2. The van der Waals surface area contributed by atoms with Crippen molar-refractivity contribution in [1.82, 2.24) is 14.9 Å². The van der Waals surface area contributed by atoms with Crippen molar-refractivity contribution >= 4 is 43.8 Å². The molecule has 0 spiro atoms. The second-order valence-corrected chi connectivity index (χ2v) is 9.31. The summed E-state index contributed by atoms with van der Waals surface area (Å²) in [5, 5.41) is 5.97. The second-order valence-electron chi connectivity index (χ2n) is 8.28. The number of pyridine rings is 1. The fraction of sp³-hybridized carbons (Fsp3) is 0.192. The van der Waals surface area contributed by atoms with E-state index in [1.54, 1.807) is 11.3 Å². The van der Waals surface area contributed by atoms with Crippen LogP contribution in [0, 0.1) is 0 Å². The minimum absolute atomic E-state index is 1.05. The van der Waals surface area contributed by atoms with Gasteiger partial charge in [-0.15, -0.1) is 11.3 Å². The Morgan fingerprint density at radius 1 is 1.00 bits per heavy atom. The first-order valence-corrected chi connectivity index (χ1v) is 11.7. The van der Waals surface area contributed by atoms with Crippen LogP contribution in [0.2, 0.25) is 0 Å². The zero-order valence-electron chi connectivity index (χ0n) is 17.3. The summed E-state index contributed by atoms with van der Waals surface area (Å²) >= 11 is 1.76. The zero-order chi connectivity index (χ0) is 20.6. The highest BCUT2D eigenvalue weighted by atomic mass is 32.1. The monoisotopic (exact) mass is 424 g/mol. The molecule has 0 atom stereocenters. The normalized spacial score (nSPS) is 14.6. The molecule has 0 bridgehead atoms. The van der Waals surface area contributed by atoms with Crippen molar-refractivity contribution in [3.8, 4) is 10.4 Å². The summed E-state index contributed by atoms with van der Waals surface area (Å²) in [6.07, 6.45) is 6.52. The van der Waals surface area contributed by atoms with Gasteiger partial charge in [0.15, 0.2) is 0 Å². The minimum atomic E-state index is 1.05. The van der Waals surface area contributed by atoms with Crippen molar-refractivity contribution in [2.45, 2.75) is 19.4 Å². The molecular weight excluding hydrogens is 400 g/mol. The van der Waals surface area contributed by atoms with E-state index in [0.717, 1.165) is 28.3 Å². The Balaban J connectivity index is 1.32. The van der Waals surface area contributed by atoms with E-state index in [2.05, 4.69) is 80.8 Å². The average molecular weight is 425 g/mol. The van der Waals surface area contributed by atoms with Crippen molar-refractivity contribution < 1.29 is 0 Å². The van der Waals surface area contributed by atoms with Crippen LogP contribution in [0.5, 0.6) is 0 Å². The predicted molar refractivity (Wildman–Crippen MR) is 131 cm³/mol. The lowest BCUT2D eigenvalue weighted by Crippen LogP contribution is -2.18. The van der Waals surface area contributed by atoms with E-state index in [1.165, 1.54) is 52.7 Å². The van der Waals surface area contributed by atoms with E-state index >= 15 is 0 Å². The lowest BCUT2D eigenvalue weighted by molar-refractivity contribution is 0.331. The number of aromatic amines is 1. The van der Waals surface area contributed by atoms with Crippen molar-refractivity contribution in [3.05, 3.63) is 78.6 Å². The van der Waals surface area contributed by atoms with Gasteiger partial charge in [-0.1, -0.05) is 18.2 Å². The Morgan fingerprint density at radius 3 is 2.87 bits per heavy atom. The summed E-state index contributed by atoms with van der Waals surface area (Å²) in [6, 6.07) is 21.8. The first-order chi connectivity index (χ1) is 15.3. The molecular formula is C26H24N4S. The topological polar surface area (TPSA) is 44.0 Å². The molecule has 0 aliphatic carbocycles. The van der Waals surface area contributed by atoms with Gasteiger partial charge in [0.1, 0.15) is 4.83 Å². The quantitative estimate of drug-likeness (QED) is 0.327. The average Bonchev–Trinajstić information content (AvgIpc) is 3.54. The van der Waals surface area contributed by atoms with Crippen LogP contribution in [-0.4, -0.2) is 28.0 Å². The number of H-pyrrole nitrogens is 1. The third kappa shape index (κ3) is 3.71. The third-order valence-corrected chi connectivity index (χ3v) is 7.18. The maximum atomic E-state index is 4.64. The first-order valence-electron chi connectivity index (χ1n) is 10.9. The highest BCUT2D eigenvalue weighted by molar-refractivity contribution is 7.21. The smallest absolute Gasteiger partial charge is 0.125 e. The molecule has 4 heterocycles. The molecule has 0 saturated carbocycles. The van der Waals surface area contributed by atoms with Crippen LogP contribution in [0.4, 0.5) is 11.4 Å². The standard InChI is InChI=1S/C26H24N4S/c1-2-13-30(12-1)17-18-4-3-5-20(14-18)25-16-22-24(9-11-28-26(22)31-25)29-21-6-7-23-19(15-21)8-10-27-23/h3-11,14-16,27H,1-2,12-13,17H2,(H,28,29). The van der Waals surface area contributed by atoms with Crippen LogP contribution in [0.15, 0.2) is 73.1 Å². The number of fused-ring (bicyclic) bond motifs is 2. The molecule has 31 heavy (non-hydrogen) atoms. The Hall–Kier alpha value is -3.15. The summed E-state index contributed by atoms with van der Waals surface area (Å²) in [4.78, 5) is 12.8. The van der Waals surface area contributed by atoms with Gasteiger partial charge in [-0.05, 0) is 79.5 Å². The number of nitrogens with zero attached hydrogens (tertiary/aromatic N) is 2. The zero-order valence-corrected chi connectivity index (χ0v) is 18.1. The first kappa shape index (κ1) is 18.6. The number of rotatable bonds is 5. The molecule has 3 aromatic heterocycles. The van der Waals surface area contributed by atoms with Crippen molar-refractivity contribution in [3.63, 3.8) is 0 Å². The Labute approximate surface area is 185 Å². The van der Waals surface area contributed by atoms with Crippen LogP contribution in [0.3, 0.4) is 0 Å². The molecule has 0 radical (unpaired) electrons. The van der Waals surface area contributed by atoms with Crippen LogP contribution in [0.1, 0.15) is 18.4 Å². The van der Waals surface area contributed by atoms with Crippen molar-refractivity contribution in [2.75, 3.05) is 18.4 Å². The molecule has 4 nitrogen and oxygen atoms in total. The van der Waals surface area contributed by atoms with Crippen LogP contribution < -0.4 is 5.32 Å². The Bertz CT molecular complexity index is 1360. The number of likely N-dealkylation sites (tertiary alicyclic amines) is 1. The molecule has 1 aliphatic rings. The van der Waals surface area contributed by atoms with Crippen molar-refractivity contribution in [2.24, 2.45) is 0 Å². The summed E-state index contributed by atoms with van der Waals surface area (Å²) in [5.74, 6) is 0. The van der Waals surface area contributed by atoms with Gasteiger partial charge in [0, 0.05) is 45.8 Å². The fourth-order valence-corrected chi connectivity index (χ4v) is 5.52. The SMILES string of the molecule is c1cc(CN2CCCC2)cc(-c2cc3c(Nc4ccc5[nH]ccc5c4)ccnc3s2)c1. The number of benzene rings is 2. The Morgan fingerprint density at radius 2 is 1.94 bits per heavy atom. The van der Waals surface area contributed by atoms with E-state index in [4.69, 9.17) is 0 Å². The fourth-order valence-electron chi connectivity index (χ4n) is 4.50. The lowest BCUT2D eigenvalue weighted by atomic mass is 10.1. The number of nitrogens with one attached hydrogen (secondary N) is 2. The minimum Gasteiger partial charge on any atom is -0.361 e. The molecule has 154 valence electrons. The van der Waals surface area contributed by atoms with Gasteiger partial charge < -0.3 is 10.3 Å². The lowest BCUT2D eigenvalue weighted by Gasteiger charge is -2.14. The summed E-state index contributed by atoms with van der Waals surface area (Å²) in [7, 11) is 0. The van der Waals surface area contributed by atoms with E-state index in [0.29, 0.717) is 0 Å². The van der Waals surface area contributed by atoms with Crippen LogP contribution in [-0.2, 0) is 6.54 Å². The third-order valence-electron chi connectivity index (χ3n) is 6.08. The van der Waals surface area contributed by atoms with Crippen LogP contribution >= 0.6 is 11.3 Å². The molecule has 0 unspecified atom stereocenters. The number of hydrogen-bond acceptors (Lipinski definition) is 4. The molecule has 5 aromatic rings. The predicted octanol–water partition coefficient (Wildman–Crippen LogP) is 6.78. The summed E-state index contributed by atoms with van der Waals surface area (Å²) in [6.45, 7) is 3.49. The second kappa shape index (κ2) is 7.84. The number of thiophene rings is 1. The molecule has 6 rings (SSSR count). The molecule has 0 amide bonds. The maximum Gasteiger partial charge on any atom is 0.125 e. The molecule has 1 fully saturated rings. The highest BCUT2D eigenvalue weighted by Crippen LogP contribution is 2.37. The number of aromatic nitrogens is 2. The Kier molecular flexibility index (Phi) is 4.70. The number of hydrogen-bond donors (Lipinski definition) is 2. The van der Waals surface area contributed by atoms with E-state index in [9.17, 15) is 0 Å². The van der Waals surface area contributed by atoms with Crippen molar-refractivity contribution in [1.29, 1.82) is 0 Å². The van der Waals surface area contributed by atoms with Gasteiger partial charge in [-0.3, -0.25) is 4.90 Å². The molecule has 1 aliphatic heterocycles. The van der Waals surface area contributed by atoms with E-state index < -0.39 is 0 Å². The molecule has 2 aromatic carbocycles. The van der Waals surface area contributed by atoms with Gasteiger partial charge in [0.2, 0.25) is 0 Å². The highest BCUT2D eigenvalue weighted by Gasteiger charge is 2.13. The summed E-state index contributed by atoms with van der Waals surface area (Å²) in [5.41, 5.74) is 6.00. The van der Waals surface area contributed by atoms with Gasteiger partial charge in [0.25, 0.3) is 0 Å². The van der Waals surface area contributed by atoms with Gasteiger partial charge in [-0.25, -0.2) is 4.98 Å². The maximum absolute atomic E-state index is 4.64. The van der Waals surface area contributed by atoms with Gasteiger partial charge in [-0.2, -0.15) is 0 Å². The van der Waals surface area contributed by atoms with Gasteiger partial charge in [0.05, 0.1) is 5.69 Å². The van der Waals surface area contributed by atoms with Crippen LogP contribution in [0.25, 0.3) is 31.6 Å². The molecule has 2 N–H and O–H groups in total. The van der Waals surface area contributed by atoms with E-state index in [-0.39, 0.29) is 0 Å². The summed E-state index contributed by atoms with van der Waals surface area (Å²) < 4.78 is 0. The largest absolute Gasteiger partial charge is 0.361 e. The molecule has 1 saturated heterocycles.